The van der Waals surface area contributed by atoms with Gasteiger partial charge in [0.2, 0.25) is 0 Å². The minimum Gasteiger partial charge on any atom is -0.451 e. The van der Waals surface area contributed by atoms with Crippen molar-refractivity contribution < 1.29 is 13.9 Å². The predicted molar refractivity (Wildman–Crippen MR) is 98.7 cm³/mol. The molecule has 1 aliphatic heterocycles. The van der Waals surface area contributed by atoms with Gasteiger partial charge in [-0.1, -0.05) is 6.07 Å². The molecule has 2 N–H and O–H groups in total. The molecular formula is C19H16N6O3. The Labute approximate surface area is 159 Å². The van der Waals surface area contributed by atoms with Crippen molar-refractivity contribution >= 4 is 5.91 Å². The second kappa shape index (κ2) is 6.46. The Balaban J connectivity index is 1.56. The lowest BCUT2D eigenvalue weighted by molar-refractivity contribution is -0.0285. The van der Waals surface area contributed by atoms with Crippen LogP contribution in [0.5, 0.6) is 0 Å². The van der Waals surface area contributed by atoms with E-state index in [4.69, 9.17) is 20.0 Å². The highest BCUT2D eigenvalue weighted by Crippen LogP contribution is 2.29. The van der Waals surface area contributed by atoms with Gasteiger partial charge < -0.3 is 14.9 Å². The fourth-order valence-corrected chi connectivity index (χ4v) is 3.01. The van der Waals surface area contributed by atoms with E-state index < -0.39 is 5.91 Å². The Morgan fingerprint density at radius 1 is 1.18 bits per heavy atom. The number of carbonyl (C=O) groups excluding carboxylic acids is 1. The molecule has 4 aromatic heterocycles. The van der Waals surface area contributed by atoms with E-state index in [1.165, 1.54) is 0 Å². The number of rotatable bonds is 5. The minimum atomic E-state index is -0.611. The Hall–Kier alpha value is -3.72. The van der Waals surface area contributed by atoms with Crippen LogP contribution in [-0.2, 0) is 4.74 Å². The molecule has 0 aromatic carbocycles. The molecule has 9 heteroatoms. The van der Waals surface area contributed by atoms with Crippen LogP contribution < -0.4 is 5.73 Å². The first kappa shape index (κ1) is 16.5. The highest BCUT2D eigenvalue weighted by atomic mass is 16.5. The Morgan fingerprint density at radius 3 is 2.75 bits per heavy atom. The molecular weight excluding hydrogens is 360 g/mol. The number of nitrogens with two attached hydrogens (primary N) is 1. The number of aromatic nitrogens is 5. The number of amides is 1. The maximum Gasteiger partial charge on any atom is 0.284 e. The molecule has 28 heavy (non-hydrogen) atoms. The van der Waals surface area contributed by atoms with Gasteiger partial charge in [-0.3, -0.25) is 14.5 Å². The second-order valence-corrected chi connectivity index (χ2v) is 6.45. The monoisotopic (exact) mass is 376 g/mol. The van der Waals surface area contributed by atoms with Gasteiger partial charge in [-0.2, -0.15) is 10.2 Å². The summed E-state index contributed by atoms with van der Waals surface area (Å²) in [6, 6.07) is 9.12. The average Bonchev–Trinajstić information content (AvgIpc) is 3.39. The fraction of sp³-hybridized carbons (Fsp3) is 0.158. The van der Waals surface area contributed by atoms with Crippen molar-refractivity contribution in [3.63, 3.8) is 0 Å². The first-order valence-electron chi connectivity index (χ1n) is 8.72. The molecule has 5 heterocycles. The lowest BCUT2D eigenvalue weighted by Gasteiger charge is -2.25. The van der Waals surface area contributed by atoms with E-state index in [9.17, 15) is 4.79 Å². The normalized spacial score (nSPS) is 14.1. The first-order chi connectivity index (χ1) is 13.7. The number of primary amides is 1. The highest BCUT2D eigenvalue weighted by Gasteiger charge is 2.25. The molecule has 9 nitrogen and oxygen atoms in total. The van der Waals surface area contributed by atoms with E-state index in [1.54, 1.807) is 29.2 Å². The number of carbonyl (C=O) groups is 1. The molecule has 1 aliphatic rings. The van der Waals surface area contributed by atoms with Crippen LogP contribution in [0.15, 0.2) is 59.5 Å². The summed E-state index contributed by atoms with van der Waals surface area (Å²) in [5, 5.41) is 9.16. The van der Waals surface area contributed by atoms with Crippen LogP contribution in [0.1, 0.15) is 16.6 Å². The third-order valence-electron chi connectivity index (χ3n) is 4.58. The molecule has 0 bridgehead atoms. The number of pyridine rings is 1. The molecule has 1 fully saturated rings. The van der Waals surface area contributed by atoms with E-state index in [1.807, 2.05) is 35.3 Å². The number of furan rings is 1. The summed E-state index contributed by atoms with van der Waals surface area (Å²) in [5.41, 5.74) is 8.24. The van der Waals surface area contributed by atoms with Crippen molar-refractivity contribution in [2.24, 2.45) is 5.73 Å². The van der Waals surface area contributed by atoms with E-state index in [2.05, 4.69) is 10.1 Å². The molecule has 1 amide bonds. The molecule has 5 rings (SSSR count). The summed E-state index contributed by atoms with van der Waals surface area (Å²) < 4.78 is 14.4. The summed E-state index contributed by atoms with van der Waals surface area (Å²) in [7, 11) is 0. The van der Waals surface area contributed by atoms with Crippen LogP contribution in [-0.4, -0.2) is 43.7 Å². The fourth-order valence-electron chi connectivity index (χ4n) is 3.01. The van der Waals surface area contributed by atoms with Crippen LogP contribution >= 0.6 is 0 Å². The van der Waals surface area contributed by atoms with Crippen molar-refractivity contribution in [3.8, 4) is 28.4 Å². The van der Waals surface area contributed by atoms with Crippen molar-refractivity contribution in [1.29, 1.82) is 0 Å². The number of nitrogens with zero attached hydrogens (tertiary/aromatic N) is 5. The average molecular weight is 376 g/mol. The Kier molecular flexibility index (Phi) is 3.80. The van der Waals surface area contributed by atoms with Crippen molar-refractivity contribution in [2.75, 3.05) is 13.2 Å². The van der Waals surface area contributed by atoms with Gasteiger partial charge >= 0.3 is 0 Å². The minimum absolute atomic E-state index is 0.106. The number of hydrogen-bond donors (Lipinski definition) is 1. The molecule has 0 saturated carbocycles. The molecule has 0 unspecified atom stereocenters. The van der Waals surface area contributed by atoms with Gasteiger partial charge in [-0.15, -0.1) is 0 Å². The molecule has 140 valence electrons. The molecule has 4 aromatic rings. The van der Waals surface area contributed by atoms with E-state index in [0.717, 1.165) is 22.6 Å². The van der Waals surface area contributed by atoms with Crippen LogP contribution in [0.3, 0.4) is 0 Å². The smallest absolute Gasteiger partial charge is 0.284 e. The summed E-state index contributed by atoms with van der Waals surface area (Å²) in [6.45, 7) is 1.27. The van der Waals surface area contributed by atoms with E-state index in [-0.39, 0.29) is 11.8 Å². The maximum absolute atomic E-state index is 11.3. The molecule has 1 saturated heterocycles. The molecule has 0 spiro atoms. The molecule has 0 radical (unpaired) electrons. The number of hydrogen-bond acceptors (Lipinski definition) is 6. The highest BCUT2D eigenvalue weighted by molar-refractivity contribution is 5.90. The molecule has 0 atom stereocenters. The van der Waals surface area contributed by atoms with E-state index in [0.29, 0.717) is 19.0 Å². The zero-order valence-electron chi connectivity index (χ0n) is 14.7. The number of ether oxygens (including phenoxy) is 1. The SMILES string of the molecule is NC(=O)c1ccc(-c2cnn(-c3cn(C4COC4)nc3-c3ccccn3)c2)o1. The summed E-state index contributed by atoms with van der Waals surface area (Å²) >= 11 is 0. The van der Waals surface area contributed by atoms with Gasteiger partial charge in [0, 0.05) is 12.4 Å². The van der Waals surface area contributed by atoms with E-state index >= 15 is 0 Å². The van der Waals surface area contributed by atoms with Crippen LogP contribution in [0, 0.1) is 0 Å². The van der Waals surface area contributed by atoms with Crippen molar-refractivity contribution in [2.45, 2.75) is 6.04 Å². The van der Waals surface area contributed by atoms with Gasteiger partial charge in [-0.25, -0.2) is 4.68 Å². The van der Waals surface area contributed by atoms with Gasteiger partial charge in [-0.05, 0) is 24.3 Å². The standard InChI is InChI=1S/C19H16N6O3/c20-19(26)17-5-4-16(28-17)12-7-22-25(8-12)15-9-24(13-10-27-11-13)23-18(15)14-3-1-2-6-21-14/h1-9,13H,10-11H2,(H2,20,26). The predicted octanol–water partition coefficient (Wildman–Crippen LogP) is 2.06. The third-order valence-corrected chi connectivity index (χ3v) is 4.58. The third kappa shape index (κ3) is 2.78. The zero-order valence-corrected chi connectivity index (χ0v) is 14.7. The van der Waals surface area contributed by atoms with Gasteiger partial charge in [0.15, 0.2) is 5.76 Å². The second-order valence-electron chi connectivity index (χ2n) is 6.45. The Morgan fingerprint density at radius 2 is 2.07 bits per heavy atom. The van der Waals surface area contributed by atoms with Crippen LogP contribution in [0.4, 0.5) is 0 Å². The topological polar surface area (TPSA) is 114 Å². The lowest BCUT2D eigenvalue weighted by atomic mass is 10.2. The van der Waals surface area contributed by atoms with Crippen LogP contribution in [0.25, 0.3) is 28.4 Å². The summed E-state index contributed by atoms with van der Waals surface area (Å²) in [4.78, 5) is 15.7. The summed E-state index contributed by atoms with van der Waals surface area (Å²) in [6.07, 6.45) is 7.14. The van der Waals surface area contributed by atoms with Gasteiger partial charge in [0.05, 0.1) is 42.9 Å². The molecule has 0 aliphatic carbocycles. The quantitative estimate of drug-likeness (QED) is 0.570. The summed E-state index contributed by atoms with van der Waals surface area (Å²) in [5.74, 6) is 0.00835. The van der Waals surface area contributed by atoms with Gasteiger partial charge in [0.1, 0.15) is 17.1 Å². The van der Waals surface area contributed by atoms with Crippen LogP contribution in [0.2, 0.25) is 0 Å². The Bertz CT molecular complexity index is 1140. The zero-order chi connectivity index (χ0) is 19.1. The van der Waals surface area contributed by atoms with Crippen molar-refractivity contribution in [3.05, 3.63) is 60.9 Å². The first-order valence-corrected chi connectivity index (χ1v) is 8.72. The largest absolute Gasteiger partial charge is 0.451 e. The lowest BCUT2D eigenvalue weighted by Crippen LogP contribution is -2.30. The van der Waals surface area contributed by atoms with Gasteiger partial charge in [0.25, 0.3) is 5.91 Å². The van der Waals surface area contributed by atoms with Crippen molar-refractivity contribution in [1.82, 2.24) is 24.5 Å². The maximum atomic E-state index is 11.3.